The van der Waals surface area contributed by atoms with E-state index in [0.29, 0.717) is 18.7 Å². The van der Waals surface area contributed by atoms with Gasteiger partial charge in [-0.1, -0.05) is 23.9 Å². The summed E-state index contributed by atoms with van der Waals surface area (Å²) < 4.78 is 37.2. The van der Waals surface area contributed by atoms with Crippen LogP contribution in [0, 0.1) is 0 Å². The third kappa shape index (κ3) is 4.66. The van der Waals surface area contributed by atoms with Crippen molar-refractivity contribution in [3.8, 4) is 0 Å². The number of hydrogen-bond acceptors (Lipinski definition) is 3. The SMILES string of the molecule is O=C(CCN1CCSC1=O)NCc1ccc(C(F)(F)F)cc1. The molecule has 0 bridgehead atoms. The standard InChI is InChI=1S/C14H15F3N2O2S/c15-14(16,17)11-3-1-10(2-4-11)9-18-12(20)5-6-19-7-8-22-13(19)21/h1-4H,5-9H2,(H,18,20). The number of benzene rings is 1. The third-order valence-corrected chi connectivity index (χ3v) is 4.12. The second kappa shape index (κ2) is 7.04. The number of carbonyl (C=O) groups excluding carboxylic acids is 2. The van der Waals surface area contributed by atoms with E-state index in [2.05, 4.69) is 5.32 Å². The lowest BCUT2D eigenvalue weighted by molar-refractivity contribution is -0.137. The van der Waals surface area contributed by atoms with Crippen molar-refractivity contribution < 1.29 is 22.8 Å². The molecule has 0 aliphatic carbocycles. The summed E-state index contributed by atoms with van der Waals surface area (Å²) in [5.41, 5.74) is -0.123. The normalized spacial score (nSPS) is 15.2. The summed E-state index contributed by atoms with van der Waals surface area (Å²) >= 11 is 1.23. The second-order valence-corrected chi connectivity index (χ2v) is 5.87. The minimum atomic E-state index is -4.36. The van der Waals surface area contributed by atoms with Gasteiger partial charge in [-0.05, 0) is 17.7 Å². The van der Waals surface area contributed by atoms with Crippen LogP contribution in [0.5, 0.6) is 0 Å². The van der Waals surface area contributed by atoms with Gasteiger partial charge in [0.1, 0.15) is 0 Å². The number of nitrogens with one attached hydrogen (secondary N) is 1. The van der Waals surface area contributed by atoms with Crippen LogP contribution in [0.2, 0.25) is 0 Å². The van der Waals surface area contributed by atoms with Crippen molar-refractivity contribution in [2.45, 2.75) is 19.1 Å². The fourth-order valence-corrected chi connectivity index (χ4v) is 2.82. The molecule has 8 heteroatoms. The molecule has 22 heavy (non-hydrogen) atoms. The summed E-state index contributed by atoms with van der Waals surface area (Å²) in [7, 11) is 0. The molecule has 0 spiro atoms. The smallest absolute Gasteiger partial charge is 0.352 e. The van der Waals surface area contributed by atoms with Crippen molar-refractivity contribution in [2.24, 2.45) is 0 Å². The molecule has 120 valence electrons. The molecule has 0 radical (unpaired) electrons. The minimum absolute atomic E-state index is 0.0180. The Hall–Kier alpha value is -1.70. The average molecular weight is 332 g/mol. The molecular formula is C14H15F3N2O2S. The van der Waals surface area contributed by atoms with E-state index < -0.39 is 11.7 Å². The van der Waals surface area contributed by atoms with Crippen LogP contribution in [0.25, 0.3) is 0 Å². The van der Waals surface area contributed by atoms with E-state index in [1.807, 2.05) is 0 Å². The molecular weight excluding hydrogens is 317 g/mol. The van der Waals surface area contributed by atoms with Gasteiger partial charge in [-0.25, -0.2) is 0 Å². The lowest BCUT2D eigenvalue weighted by Crippen LogP contribution is -2.30. The summed E-state index contributed by atoms with van der Waals surface area (Å²) in [5, 5.41) is 2.61. The number of nitrogens with zero attached hydrogens (tertiary/aromatic N) is 1. The van der Waals surface area contributed by atoms with Gasteiger partial charge in [0.15, 0.2) is 0 Å². The highest BCUT2D eigenvalue weighted by atomic mass is 32.2. The monoisotopic (exact) mass is 332 g/mol. The molecule has 0 saturated carbocycles. The Kier molecular flexibility index (Phi) is 5.33. The Morgan fingerprint density at radius 3 is 2.50 bits per heavy atom. The van der Waals surface area contributed by atoms with Gasteiger partial charge >= 0.3 is 6.18 Å². The first-order valence-corrected chi connectivity index (χ1v) is 7.69. The van der Waals surface area contributed by atoms with Crippen LogP contribution in [0.15, 0.2) is 24.3 Å². The number of amides is 2. The van der Waals surface area contributed by atoms with Gasteiger partial charge in [0.05, 0.1) is 5.56 Å². The van der Waals surface area contributed by atoms with Crippen LogP contribution in [0.1, 0.15) is 17.5 Å². The summed E-state index contributed by atoms with van der Waals surface area (Å²) in [5.74, 6) is 0.510. The van der Waals surface area contributed by atoms with Gasteiger partial charge in [-0.2, -0.15) is 13.2 Å². The number of carbonyl (C=O) groups is 2. The quantitative estimate of drug-likeness (QED) is 0.902. The zero-order valence-electron chi connectivity index (χ0n) is 11.7. The van der Waals surface area contributed by atoms with E-state index >= 15 is 0 Å². The Morgan fingerprint density at radius 2 is 1.95 bits per heavy atom. The van der Waals surface area contributed by atoms with Crippen LogP contribution >= 0.6 is 11.8 Å². The molecule has 0 aromatic heterocycles. The Bertz CT molecular complexity index is 546. The third-order valence-electron chi connectivity index (χ3n) is 3.22. The Morgan fingerprint density at radius 1 is 1.27 bits per heavy atom. The lowest BCUT2D eigenvalue weighted by Gasteiger charge is -2.14. The Labute approximate surface area is 130 Å². The van der Waals surface area contributed by atoms with Crippen LogP contribution in [-0.2, 0) is 17.5 Å². The van der Waals surface area contributed by atoms with Gasteiger partial charge in [-0.3, -0.25) is 9.59 Å². The highest BCUT2D eigenvalue weighted by Gasteiger charge is 2.29. The van der Waals surface area contributed by atoms with Crippen molar-refractivity contribution >= 4 is 22.9 Å². The highest BCUT2D eigenvalue weighted by Crippen LogP contribution is 2.29. The van der Waals surface area contributed by atoms with Crippen molar-refractivity contribution in [3.05, 3.63) is 35.4 Å². The van der Waals surface area contributed by atoms with Crippen LogP contribution in [0.4, 0.5) is 18.0 Å². The fraction of sp³-hybridized carbons (Fsp3) is 0.429. The molecule has 1 aromatic rings. The van der Waals surface area contributed by atoms with Gasteiger partial charge in [-0.15, -0.1) is 0 Å². The molecule has 1 N–H and O–H groups in total. The van der Waals surface area contributed by atoms with Gasteiger partial charge in [0, 0.05) is 31.8 Å². The molecule has 1 aromatic carbocycles. The first kappa shape index (κ1) is 16.7. The zero-order valence-corrected chi connectivity index (χ0v) is 12.5. The predicted molar refractivity (Wildman–Crippen MR) is 77.3 cm³/mol. The maximum Gasteiger partial charge on any atom is 0.416 e. The minimum Gasteiger partial charge on any atom is -0.352 e. The number of rotatable bonds is 5. The lowest BCUT2D eigenvalue weighted by atomic mass is 10.1. The van der Waals surface area contributed by atoms with E-state index in [-0.39, 0.29) is 24.1 Å². The van der Waals surface area contributed by atoms with E-state index in [0.717, 1.165) is 17.9 Å². The van der Waals surface area contributed by atoms with E-state index in [1.165, 1.54) is 23.9 Å². The van der Waals surface area contributed by atoms with Crippen LogP contribution < -0.4 is 5.32 Å². The number of halogens is 3. The zero-order chi connectivity index (χ0) is 16.2. The molecule has 0 atom stereocenters. The topological polar surface area (TPSA) is 49.4 Å². The molecule has 1 aliphatic heterocycles. The molecule has 1 aliphatic rings. The van der Waals surface area contributed by atoms with Crippen molar-refractivity contribution in [2.75, 3.05) is 18.8 Å². The molecule has 2 rings (SSSR count). The van der Waals surface area contributed by atoms with E-state index in [1.54, 1.807) is 4.90 Å². The summed E-state index contributed by atoms with van der Waals surface area (Å²) in [6.07, 6.45) is -4.17. The van der Waals surface area contributed by atoms with E-state index in [9.17, 15) is 22.8 Å². The summed E-state index contributed by atoms with van der Waals surface area (Å²) in [4.78, 5) is 24.6. The maximum absolute atomic E-state index is 12.4. The first-order valence-electron chi connectivity index (χ1n) is 6.71. The van der Waals surface area contributed by atoms with Crippen LogP contribution in [-0.4, -0.2) is 34.9 Å². The van der Waals surface area contributed by atoms with Gasteiger partial charge in [0.25, 0.3) is 5.24 Å². The predicted octanol–water partition coefficient (Wildman–Crippen LogP) is 2.88. The largest absolute Gasteiger partial charge is 0.416 e. The molecule has 4 nitrogen and oxygen atoms in total. The van der Waals surface area contributed by atoms with E-state index in [4.69, 9.17) is 0 Å². The number of thioether (sulfide) groups is 1. The Balaban J connectivity index is 1.75. The molecule has 1 fully saturated rings. The fourth-order valence-electron chi connectivity index (χ4n) is 1.97. The maximum atomic E-state index is 12.4. The summed E-state index contributed by atoms with van der Waals surface area (Å²) in [6, 6.07) is 4.65. The molecule has 1 heterocycles. The number of hydrogen-bond donors (Lipinski definition) is 1. The van der Waals surface area contributed by atoms with Crippen molar-refractivity contribution in [1.82, 2.24) is 10.2 Å². The first-order chi connectivity index (χ1) is 10.4. The molecule has 2 amide bonds. The van der Waals surface area contributed by atoms with Gasteiger partial charge in [0.2, 0.25) is 5.91 Å². The molecule has 0 unspecified atom stereocenters. The van der Waals surface area contributed by atoms with Crippen molar-refractivity contribution in [1.29, 1.82) is 0 Å². The van der Waals surface area contributed by atoms with Crippen LogP contribution in [0.3, 0.4) is 0 Å². The second-order valence-electron chi connectivity index (χ2n) is 4.82. The molecule has 1 saturated heterocycles. The average Bonchev–Trinajstić information content (AvgIpc) is 2.88. The van der Waals surface area contributed by atoms with Crippen molar-refractivity contribution in [3.63, 3.8) is 0 Å². The number of alkyl halides is 3. The summed E-state index contributed by atoms with van der Waals surface area (Å²) in [6.45, 7) is 1.18. The van der Waals surface area contributed by atoms with Gasteiger partial charge < -0.3 is 10.2 Å². The highest BCUT2D eigenvalue weighted by molar-refractivity contribution is 8.13.